The van der Waals surface area contributed by atoms with Crippen molar-refractivity contribution in [3.05, 3.63) is 55.1 Å². The number of aryl methyl sites for hydroxylation is 1. The normalized spacial score (nSPS) is 12.7. The first kappa shape index (κ1) is 13.1. The number of benzene rings is 1. The molecule has 1 heterocycles. The summed E-state index contributed by atoms with van der Waals surface area (Å²) in [6, 6.07) is 10.6. The zero-order valence-corrected chi connectivity index (χ0v) is 12.8. The molecule has 0 amide bonds. The van der Waals surface area contributed by atoms with Crippen LogP contribution in [0.25, 0.3) is 0 Å². The molecule has 0 aliphatic heterocycles. The predicted molar refractivity (Wildman–Crippen MR) is 79.1 cm³/mol. The minimum atomic E-state index is 0.224. The van der Waals surface area contributed by atoms with Crippen molar-refractivity contribution in [2.45, 2.75) is 13.0 Å². The second kappa shape index (κ2) is 5.53. The smallest absolute Gasteiger partial charge is 0.0702 e. The van der Waals surface area contributed by atoms with Gasteiger partial charge in [-0.3, -0.25) is 0 Å². The standard InChI is InChI=1S/C13H13BrClNS/c1-8-7-9(3-4-10(8)15)13(16-2)11-5-6-12(14)17-11/h3-7,13,16H,1-2H3. The summed E-state index contributed by atoms with van der Waals surface area (Å²) in [5.41, 5.74) is 2.35. The lowest BCUT2D eigenvalue weighted by atomic mass is 10.0. The molecular weight excluding hydrogens is 318 g/mol. The first-order valence-electron chi connectivity index (χ1n) is 5.30. The maximum Gasteiger partial charge on any atom is 0.0702 e. The van der Waals surface area contributed by atoms with Crippen LogP contribution in [0.2, 0.25) is 5.02 Å². The first-order chi connectivity index (χ1) is 8.11. The summed E-state index contributed by atoms with van der Waals surface area (Å²) in [6.45, 7) is 2.03. The SMILES string of the molecule is CNC(c1ccc(Cl)c(C)c1)c1ccc(Br)s1. The number of rotatable bonds is 3. The lowest BCUT2D eigenvalue weighted by Gasteiger charge is -2.16. The molecule has 17 heavy (non-hydrogen) atoms. The Bertz CT molecular complexity index is 524. The lowest BCUT2D eigenvalue weighted by Crippen LogP contribution is -2.16. The van der Waals surface area contributed by atoms with Gasteiger partial charge in [-0.15, -0.1) is 11.3 Å². The molecule has 0 aliphatic rings. The highest BCUT2D eigenvalue weighted by atomic mass is 79.9. The van der Waals surface area contributed by atoms with Gasteiger partial charge in [0.2, 0.25) is 0 Å². The molecule has 0 bridgehead atoms. The zero-order valence-electron chi connectivity index (χ0n) is 9.63. The molecule has 0 fully saturated rings. The van der Waals surface area contributed by atoms with Crippen LogP contribution in [-0.4, -0.2) is 7.05 Å². The Hall–Kier alpha value is -0.350. The van der Waals surface area contributed by atoms with Gasteiger partial charge < -0.3 is 5.32 Å². The second-order valence-corrected chi connectivity index (χ2v) is 6.77. The minimum absolute atomic E-state index is 0.224. The van der Waals surface area contributed by atoms with Gasteiger partial charge in [0.25, 0.3) is 0 Å². The highest BCUT2D eigenvalue weighted by Gasteiger charge is 2.14. The fourth-order valence-electron chi connectivity index (χ4n) is 1.80. The van der Waals surface area contributed by atoms with E-state index in [4.69, 9.17) is 11.6 Å². The van der Waals surface area contributed by atoms with Gasteiger partial charge in [0.15, 0.2) is 0 Å². The average Bonchev–Trinajstić information content (AvgIpc) is 2.71. The Morgan fingerprint density at radius 2 is 2.06 bits per heavy atom. The van der Waals surface area contributed by atoms with Crippen LogP contribution in [0.3, 0.4) is 0 Å². The zero-order chi connectivity index (χ0) is 12.4. The molecule has 1 N–H and O–H groups in total. The van der Waals surface area contributed by atoms with E-state index in [2.05, 4.69) is 45.5 Å². The van der Waals surface area contributed by atoms with Crippen LogP contribution < -0.4 is 5.32 Å². The summed E-state index contributed by atoms with van der Waals surface area (Å²) in [5.74, 6) is 0. The molecule has 1 atom stereocenters. The van der Waals surface area contributed by atoms with Crippen molar-refractivity contribution in [1.82, 2.24) is 5.32 Å². The molecule has 0 saturated carbocycles. The molecule has 2 aromatic rings. The van der Waals surface area contributed by atoms with Gasteiger partial charge in [0.05, 0.1) is 9.83 Å². The largest absolute Gasteiger partial charge is 0.309 e. The van der Waals surface area contributed by atoms with E-state index in [1.165, 1.54) is 10.4 Å². The topological polar surface area (TPSA) is 12.0 Å². The Morgan fingerprint density at radius 3 is 2.59 bits per heavy atom. The number of hydrogen-bond donors (Lipinski definition) is 1. The number of nitrogens with one attached hydrogen (secondary N) is 1. The van der Waals surface area contributed by atoms with Gasteiger partial charge in [-0.1, -0.05) is 23.7 Å². The predicted octanol–water partition coefficient (Wildman–Crippen LogP) is 4.78. The first-order valence-corrected chi connectivity index (χ1v) is 7.29. The Balaban J connectivity index is 2.38. The third-order valence-electron chi connectivity index (χ3n) is 2.68. The maximum absolute atomic E-state index is 6.05. The summed E-state index contributed by atoms with van der Waals surface area (Å²) in [6.07, 6.45) is 0. The van der Waals surface area contributed by atoms with E-state index >= 15 is 0 Å². The molecule has 1 unspecified atom stereocenters. The van der Waals surface area contributed by atoms with Crippen molar-refractivity contribution >= 4 is 38.9 Å². The second-order valence-electron chi connectivity index (χ2n) is 3.87. The maximum atomic E-state index is 6.05. The Labute approximate surface area is 119 Å². The molecule has 1 nitrogen and oxygen atoms in total. The fourth-order valence-corrected chi connectivity index (χ4v) is 3.48. The van der Waals surface area contributed by atoms with Crippen LogP contribution in [-0.2, 0) is 0 Å². The molecule has 0 spiro atoms. The van der Waals surface area contributed by atoms with E-state index < -0.39 is 0 Å². The van der Waals surface area contributed by atoms with Crippen LogP contribution in [0.4, 0.5) is 0 Å². The molecule has 1 aromatic carbocycles. The van der Waals surface area contributed by atoms with Crippen molar-refractivity contribution < 1.29 is 0 Å². The van der Waals surface area contributed by atoms with Crippen molar-refractivity contribution in [1.29, 1.82) is 0 Å². The van der Waals surface area contributed by atoms with Crippen molar-refractivity contribution in [2.24, 2.45) is 0 Å². The summed E-state index contributed by atoms with van der Waals surface area (Å²) in [7, 11) is 1.97. The Kier molecular flexibility index (Phi) is 4.26. The highest BCUT2D eigenvalue weighted by Crippen LogP contribution is 2.32. The van der Waals surface area contributed by atoms with Gasteiger partial charge in [-0.25, -0.2) is 0 Å². The van der Waals surface area contributed by atoms with Crippen LogP contribution in [0.15, 0.2) is 34.1 Å². The van der Waals surface area contributed by atoms with Crippen LogP contribution in [0.1, 0.15) is 22.0 Å². The van der Waals surface area contributed by atoms with E-state index in [1.807, 2.05) is 20.0 Å². The summed E-state index contributed by atoms with van der Waals surface area (Å²) in [4.78, 5) is 1.29. The van der Waals surface area contributed by atoms with Gasteiger partial charge in [-0.2, -0.15) is 0 Å². The van der Waals surface area contributed by atoms with Crippen LogP contribution >= 0.6 is 38.9 Å². The fraction of sp³-hybridized carbons (Fsp3) is 0.231. The number of halogens is 2. The molecule has 1 aromatic heterocycles. The van der Waals surface area contributed by atoms with Crippen molar-refractivity contribution in [3.8, 4) is 0 Å². The third-order valence-corrected chi connectivity index (χ3v) is 4.80. The number of thiophene rings is 1. The van der Waals surface area contributed by atoms with Gasteiger partial charge in [-0.05, 0) is 59.2 Å². The summed E-state index contributed by atoms with van der Waals surface area (Å²) < 4.78 is 1.15. The number of hydrogen-bond acceptors (Lipinski definition) is 2. The van der Waals surface area contributed by atoms with Gasteiger partial charge in [0, 0.05) is 9.90 Å². The third kappa shape index (κ3) is 2.91. The molecule has 0 aliphatic carbocycles. The molecular formula is C13H13BrClNS. The minimum Gasteiger partial charge on any atom is -0.309 e. The summed E-state index contributed by atoms with van der Waals surface area (Å²) >= 11 is 11.3. The van der Waals surface area contributed by atoms with Gasteiger partial charge >= 0.3 is 0 Å². The molecule has 4 heteroatoms. The van der Waals surface area contributed by atoms with Crippen molar-refractivity contribution in [3.63, 3.8) is 0 Å². The van der Waals surface area contributed by atoms with Crippen molar-refractivity contribution in [2.75, 3.05) is 7.05 Å². The van der Waals surface area contributed by atoms with E-state index in [-0.39, 0.29) is 6.04 Å². The van der Waals surface area contributed by atoms with E-state index in [0.29, 0.717) is 0 Å². The quantitative estimate of drug-likeness (QED) is 0.854. The monoisotopic (exact) mass is 329 g/mol. The Morgan fingerprint density at radius 1 is 1.29 bits per heavy atom. The highest BCUT2D eigenvalue weighted by molar-refractivity contribution is 9.11. The van der Waals surface area contributed by atoms with Gasteiger partial charge in [0.1, 0.15) is 0 Å². The van der Waals surface area contributed by atoms with E-state index in [9.17, 15) is 0 Å². The van der Waals surface area contributed by atoms with Crippen LogP contribution in [0, 0.1) is 6.92 Å². The molecule has 0 saturated heterocycles. The molecule has 0 radical (unpaired) electrons. The van der Waals surface area contributed by atoms with E-state index in [1.54, 1.807) is 11.3 Å². The lowest BCUT2D eigenvalue weighted by molar-refractivity contribution is 0.703. The van der Waals surface area contributed by atoms with Crippen LogP contribution in [0.5, 0.6) is 0 Å². The summed E-state index contributed by atoms with van der Waals surface area (Å²) in [5, 5.41) is 4.16. The molecule has 90 valence electrons. The molecule has 2 rings (SSSR count). The average molecular weight is 331 g/mol. The van der Waals surface area contributed by atoms with E-state index in [0.717, 1.165) is 14.4 Å².